The van der Waals surface area contributed by atoms with Crippen LogP contribution in [0.3, 0.4) is 0 Å². The van der Waals surface area contributed by atoms with Crippen LogP contribution in [0.15, 0.2) is 41.5 Å². The second-order valence-corrected chi connectivity index (χ2v) is 6.68. The van der Waals surface area contributed by atoms with E-state index < -0.39 is 5.82 Å². The summed E-state index contributed by atoms with van der Waals surface area (Å²) in [6.07, 6.45) is 1.42. The minimum atomic E-state index is -0.390. The first kappa shape index (κ1) is 17.0. The zero-order valence-electron chi connectivity index (χ0n) is 13.7. The van der Waals surface area contributed by atoms with Crippen LogP contribution in [-0.4, -0.2) is 19.1 Å². The van der Waals surface area contributed by atoms with E-state index in [2.05, 4.69) is 9.97 Å². The maximum atomic E-state index is 14.0. The molecule has 5 nitrogen and oxygen atoms in total. The predicted octanol–water partition coefficient (Wildman–Crippen LogP) is 4.26. The first-order valence-corrected chi connectivity index (χ1v) is 8.73. The van der Waals surface area contributed by atoms with E-state index in [0.29, 0.717) is 38.8 Å². The van der Waals surface area contributed by atoms with Crippen LogP contribution in [0.25, 0.3) is 21.9 Å². The second kappa shape index (κ2) is 6.37. The Kier molecular flexibility index (Phi) is 4.17. The van der Waals surface area contributed by atoms with E-state index in [1.807, 2.05) is 11.5 Å². The summed E-state index contributed by atoms with van der Waals surface area (Å²) in [5.41, 5.74) is 1.09. The van der Waals surface area contributed by atoms with Gasteiger partial charge in [-0.1, -0.05) is 29.3 Å². The van der Waals surface area contributed by atoms with E-state index in [1.54, 1.807) is 18.2 Å². The minimum Gasteiger partial charge on any atom is -0.327 e. The zero-order chi connectivity index (χ0) is 18.4. The monoisotopic (exact) mass is 390 g/mol. The fourth-order valence-electron chi connectivity index (χ4n) is 3.09. The van der Waals surface area contributed by atoms with Crippen molar-refractivity contribution in [2.75, 3.05) is 0 Å². The van der Waals surface area contributed by atoms with Crippen molar-refractivity contribution in [3.8, 4) is 0 Å². The summed E-state index contributed by atoms with van der Waals surface area (Å²) in [6.45, 7) is 2.70. The van der Waals surface area contributed by atoms with Gasteiger partial charge in [-0.05, 0) is 31.2 Å². The third-order valence-corrected chi connectivity index (χ3v) is 4.79. The van der Waals surface area contributed by atoms with E-state index in [-0.39, 0.29) is 17.6 Å². The van der Waals surface area contributed by atoms with Gasteiger partial charge in [-0.2, -0.15) is 0 Å². The molecule has 0 amide bonds. The molecule has 2 aromatic heterocycles. The van der Waals surface area contributed by atoms with Gasteiger partial charge in [0.25, 0.3) is 5.56 Å². The van der Waals surface area contributed by atoms with Gasteiger partial charge in [0.15, 0.2) is 5.82 Å². The maximum absolute atomic E-state index is 14.0. The summed E-state index contributed by atoms with van der Waals surface area (Å²) in [5, 5.41) is 1.01. The molecule has 2 aromatic carbocycles. The highest BCUT2D eigenvalue weighted by Crippen LogP contribution is 2.24. The molecule has 0 saturated carbocycles. The van der Waals surface area contributed by atoms with Gasteiger partial charge < -0.3 is 4.57 Å². The van der Waals surface area contributed by atoms with Gasteiger partial charge in [0.05, 0.1) is 34.3 Å². The number of hydrogen-bond donors (Lipinski definition) is 0. The van der Waals surface area contributed by atoms with Crippen LogP contribution in [0.2, 0.25) is 10.0 Å². The van der Waals surface area contributed by atoms with Crippen molar-refractivity contribution in [3.05, 3.63) is 68.7 Å². The fourth-order valence-corrected chi connectivity index (χ4v) is 3.64. The van der Waals surface area contributed by atoms with E-state index in [4.69, 9.17) is 23.2 Å². The smallest absolute Gasteiger partial charge is 0.261 e. The van der Waals surface area contributed by atoms with E-state index >= 15 is 0 Å². The lowest BCUT2D eigenvalue weighted by molar-refractivity contribution is 0.635. The Morgan fingerprint density at radius 1 is 1.19 bits per heavy atom. The topological polar surface area (TPSA) is 52.7 Å². The number of benzene rings is 2. The largest absolute Gasteiger partial charge is 0.327 e. The lowest BCUT2D eigenvalue weighted by Crippen LogP contribution is -2.23. The molecule has 0 aliphatic rings. The van der Waals surface area contributed by atoms with Gasteiger partial charge in [-0.15, -0.1) is 0 Å². The summed E-state index contributed by atoms with van der Waals surface area (Å²) < 4.78 is 17.3. The molecule has 8 heteroatoms. The van der Waals surface area contributed by atoms with Gasteiger partial charge in [0, 0.05) is 11.6 Å². The van der Waals surface area contributed by atoms with Crippen LogP contribution in [0, 0.1) is 5.82 Å². The molecule has 132 valence electrons. The van der Waals surface area contributed by atoms with Crippen LogP contribution < -0.4 is 5.56 Å². The van der Waals surface area contributed by atoms with Gasteiger partial charge in [0.1, 0.15) is 11.3 Å². The number of rotatable bonds is 3. The van der Waals surface area contributed by atoms with Gasteiger partial charge in [-0.25, -0.2) is 14.4 Å². The number of nitrogens with zero attached hydrogens (tertiary/aromatic N) is 4. The van der Waals surface area contributed by atoms with Gasteiger partial charge in [-0.3, -0.25) is 9.36 Å². The summed E-state index contributed by atoms with van der Waals surface area (Å²) in [6, 6.07) is 7.90. The lowest BCUT2D eigenvalue weighted by atomic mass is 10.2. The summed E-state index contributed by atoms with van der Waals surface area (Å²) in [5.74, 6) is 0.183. The molecule has 4 aromatic rings. The Bertz CT molecular complexity index is 1220. The predicted molar refractivity (Wildman–Crippen MR) is 100 cm³/mol. The van der Waals surface area contributed by atoms with Crippen LogP contribution in [0.4, 0.5) is 4.39 Å². The highest BCUT2D eigenvalue weighted by atomic mass is 35.5. The average Bonchev–Trinajstić information content (AvgIpc) is 2.96. The third kappa shape index (κ3) is 2.66. The normalized spacial score (nSPS) is 11.5. The highest BCUT2D eigenvalue weighted by Gasteiger charge is 2.15. The van der Waals surface area contributed by atoms with Crippen LogP contribution in [0.1, 0.15) is 12.7 Å². The fraction of sp³-hybridized carbons (Fsp3) is 0.167. The van der Waals surface area contributed by atoms with Crippen molar-refractivity contribution < 1.29 is 4.39 Å². The number of fused-ring (bicyclic) bond motifs is 2. The van der Waals surface area contributed by atoms with Gasteiger partial charge in [0.2, 0.25) is 0 Å². The Balaban J connectivity index is 1.88. The molecule has 0 fully saturated rings. The molecule has 0 saturated heterocycles. The van der Waals surface area contributed by atoms with Crippen molar-refractivity contribution in [3.63, 3.8) is 0 Å². The molecule has 0 spiro atoms. The molecule has 0 N–H and O–H groups in total. The Hall–Kier alpha value is -2.44. The molecule has 0 unspecified atom stereocenters. The number of hydrogen-bond acceptors (Lipinski definition) is 3. The quantitative estimate of drug-likeness (QED) is 0.525. The zero-order valence-corrected chi connectivity index (χ0v) is 15.2. The van der Waals surface area contributed by atoms with E-state index in [1.165, 1.54) is 23.0 Å². The first-order chi connectivity index (χ1) is 12.5. The first-order valence-electron chi connectivity index (χ1n) is 7.97. The van der Waals surface area contributed by atoms with Crippen molar-refractivity contribution in [1.82, 2.24) is 19.1 Å². The summed E-state index contributed by atoms with van der Waals surface area (Å²) in [7, 11) is 0. The molecule has 0 aliphatic carbocycles. The molecule has 0 atom stereocenters. The van der Waals surface area contributed by atoms with Crippen molar-refractivity contribution in [2.24, 2.45) is 0 Å². The Morgan fingerprint density at radius 3 is 2.77 bits per heavy atom. The average molecular weight is 391 g/mol. The number of para-hydroxylation sites is 1. The molecular formula is C18H13Cl2FN4O. The molecule has 26 heavy (non-hydrogen) atoms. The molecule has 2 heterocycles. The molecule has 4 rings (SSSR count). The number of halogens is 3. The van der Waals surface area contributed by atoms with Crippen molar-refractivity contribution >= 4 is 45.1 Å². The number of imidazole rings is 1. The molecule has 0 bridgehead atoms. The van der Waals surface area contributed by atoms with E-state index in [9.17, 15) is 9.18 Å². The highest BCUT2D eigenvalue weighted by molar-refractivity contribution is 6.38. The maximum Gasteiger partial charge on any atom is 0.261 e. The van der Waals surface area contributed by atoms with Crippen molar-refractivity contribution in [1.29, 1.82) is 0 Å². The number of aromatic nitrogens is 4. The van der Waals surface area contributed by atoms with E-state index in [0.717, 1.165) is 0 Å². The second-order valence-electron chi connectivity index (χ2n) is 5.84. The Labute approximate surface area is 157 Å². The minimum absolute atomic E-state index is 0.161. The lowest BCUT2D eigenvalue weighted by Gasteiger charge is -2.09. The molecule has 0 aliphatic heterocycles. The summed E-state index contributed by atoms with van der Waals surface area (Å²) >= 11 is 12.1. The van der Waals surface area contributed by atoms with Gasteiger partial charge >= 0.3 is 0 Å². The van der Waals surface area contributed by atoms with Crippen LogP contribution in [-0.2, 0) is 13.1 Å². The van der Waals surface area contributed by atoms with Crippen molar-refractivity contribution in [2.45, 2.75) is 20.0 Å². The van der Waals surface area contributed by atoms with Crippen LogP contribution >= 0.6 is 23.2 Å². The Morgan fingerprint density at radius 2 is 2.00 bits per heavy atom. The molecule has 0 radical (unpaired) electrons. The number of aryl methyl sites for hydroxylation is 1. The van der Waals surface area contributed by atoms with Crippen LogP contribution in [0.5, 0.6) is 0 Å². The standard InChI is InChI=1S/C18H13Cl2FN4O/c1-2-25-14-5-3-4-13(21)17(14)23-15(25)8-24-9-22-16-11(18(24)26)6-10(19)7-12(16)20/h3-7,9H,2,8H2,1H3. The third-order valence-electron chi connectivity index (χ3n) is 4.28. The molecular weight excluding hydrogens is 378 g/mol. The summed E-state index contributed by atoms with van der Waals surface area (Å²) in [4.78, 5) is 21.5. The SMILES string of the molecule is CCn1c(Cn2cnc3c(Cl)cc(Cl)cc3c2=O)nc2c(F)cccc21.